The average Bonchev–Trinajstić information content (AvgIpc) is 3.12. The number of carbonyl (C=O) groups excluding carboxylic acids is 2. The van der Waals surface area contributed by atoms with Gasteiger partial charge in [0.05, 0.1) is 12.6 Å². The maximum Gasteiger partial charge on any atom is 0.271 e. The molecule has 0 bridgehead atoms. The zero-order valence-electron chi connectivity index (χ0n) is 15.3. The maximum absolute atomic E-state index is 12.8. The molecular formula is C21H17BrN2O4. The van der Waals surface area contributed by atoms with E-state index in [0.717, 1.165) is 14.9 Å². The number of amides is 2. The normalized spacial score (nSPS) is 17.2. The summed E-state index contributed by atoms with van der Waals surface area (Å²) in [5.41, 5.74) is 1.24. The fraction of sp³-hybridized carbons (Fsp3) is 0.190. The summed E-state index contributed by atoms with van der Waals surface area (Å²) in [6.07, 6.45) is 0.610. The topological polar surface area (TPSA) is 94.5 Å². The van der Waals surface area contributed by atoms with Gasteiger partial charge >= 0.3 is 0 Å². The lowest BCUT2D eigenvalue weighted by Crippen LogP contribution is -2.45. The number of hydrogen-bond acceptors (Lipinski definition) is 5. The molecule has 3 rings (SSSR count). The van der Waals surface area contributed by atoms with Crippen LogP contribution in [0.1, 0.15) is 19.6 Å². The highest BCUT2D eigenvalue weighted by Crippen LogP contribution is 2.29. The summed E-state index contributed by atoms with van der Waals surface area (Å²) >= 11 is 3.38. The summed E-state index contributed by atoms with van der Waals surface area (Å²) in [6.45, 7) is 2.84. The third-order valence-electron chi connectivity index (χ3n) is 4.31. The van der Waals surface area contributed by atoms with Crippen molar-refractivity contribution in [3.8, 4) is 17.4 Å². The van der Waals surface area contributed by atoms with Crippen molar-refractivity contribution in [1.29, 1.82) is 5.26 Å². The van der Waals surface area contributed by atoms with Crippen molar-refractivity contribution in [2.45, 2.75) is 20.0 Å². The predicted octanol–water partition coefficient (Wildman–Crippen LogP) is 3.68. The molecule has 1 atom stereocenters. The van der Waals surface area contributed by atoms with Gasteiger partial charge in [0.15, 0.2) is 0 Å². The molecule has 2 aromatic rings. The quantitative estimate of drug-likeness (QED) is 0.577. The van der Waals surface area contributed by atoms with Gasteiger partial charge in [-0.1, -0.05) is 28.1 Å². The average molecular weight is 441 g/mol. The van der Waals surface area contributed by atoms with Crippen LogP contribution in [-0.4, -0.2) is 34.5 Å². The van der Waals surface area contributed by atoms with Crippen molar-refractivity contribution in [2.24, 2.45) is 0 Å². The van der Waals surface area contributed by atoms with Crippen LogP contribution in [0.15, 0.2) is 62.0 Å². The first-order valence-electron chi connectivity index (χ1n) is 8.55. The van der Waals surface area contributed by atoms with Gasteiger partial charge in [-0.25, -0.2) is 0 Å². The SMILES string of the molecule is CC1=C(C#N)C(=O)N(C[C@@H](C)O)C(=O)/C1=C/c1ccc(-c2ccc(Br)cc2)o1. The lowest BCUT2D eigenvalue weighted by Gasteiger charge is -2.28. The number of aliphatic hydroxyl groups excluding tert-OH is 1. The number of rotatable bonds is 4. The Morgan fingerprint density at radius 1 is 1.21 bits per heavy atom. The Balaban J connectivity index is 2.01. The Morgan fingerprint density at radius 2 is 1.89 bits per heavy atom. The minimum Gasteiger partial charge on any atom is -0.457 e. The molecule has 1 N–H and O–H groups in total. The van der Waals surface area contributed by atoms with E-state index >= 15 is 0 Å². The van der Waals surface area contributed by atoms with Gasteiger partial charge in [-0.15, -0.1) is 0 Å². The first-order chi connectivity index (χ1) is 13.3. The number of furan rings is 1. The van der Waals surface area contributed by atoms with Gasteiger partial charge < -0.3 is 9.52 Å². The molecule has 6 nitrogen and oxygen atoms in total. The molecule has 142 valence electrons. The fourth-order valence-corrected chi connectivity index (χ4v) is 3.17. The fourth-order valence-electron chi connectivity index (χ4n) is 2.90. The number of nitrogens with zero attached hydrogens (tertiary/aromatic N) is 2. The molecular weight excluding hydrogens is 424 g/mol. The van der Waals surface area contributed by atoms with Crippen molar-refractivity contribution in [3.05, 3.63) is 63.4 Å². The molecule has 1 aliphatic rings. The standard InChI is InChI=1S/C21H17BrN2O4/c1-12(25)11-24-20(26)17(13(2)18(10-23)21(24)27)9-16-7-8-19(28-16)14-3-5-15(22)6-4-14/h3-9,12,25H,11H2,1-2H3/b17-9+/t12-/m1/s1. The summed E-state index contributed by atoms with van der Waals surface area (Å²) in [4.78, 5) is 26.1. The number of β-amino-alcohol motifs (C(OH)–C–C–N with tert-alkyl or cyclic N) is 1. The zero-order valence-corrected chi connectivity index (χ0v) is 16.9. The van der Waals surface area contributed by atoms with Gasteiger partial charge in [0.25, 0.3) is 11.8 Å². The van der Waals surface area contributed by atoms with E-state index in [-0.39, 0.29) is 17.7 Å². The molecule has 28 heavy (non-hydrogen) atoms. The van der Waals surface area contributed by atoms with Crippen molar-refractivity contribution < 1.29 is 19.1 Å². The molecule has 2 heterocycles. The van der Waals surface area contributed by atoms with Gasteiger partial charge in [0.2, 0.25) is 0 Å². The summed E-state index contributed by atoms with van der Waals surface area (Å²) in [7, 11) is 0. The number of carbonyl (C=O) groups is 2. The third kappa shape index (κ3) is 3.84. The zero-order chi connectivity index (χ0) is 20.4. The number of nitriles is 1. The van der Waals surface area contributed by atoms with Crippen LogP contribution in [0.4, 0.5) is 0 Å². The third-order valence-corrected chi connectivity index (χ3v) is 4.84. The molecule has 7 heteroatoms. The molecule has 0 fully saturated rings. The van der Waals surface area contributed by atoms with Crippen LogP contribution in [0, 0.1) is 11.3 Å². The summed E-state index contributed by atoms with van der Waals surface area (Å²) in [5, 5.41) is 18.9. The molecule has 0 unspecified atom stereocenters. The van der Waals surface area contributed by atoms with Crippen molar-refractivity contribution in [2.75, 3.05) is 6.54 Å². The second-order valence-electron chi connectivity index (χ2n) is 6.45. The molecule has 0 radical (unpaired) electrons. The Bertz CT molecular complexity index is 1040. The highest BCUT2D eigenvalue weighted by Gasteiger charge is 2.36. The van der Waals surface area contributed by atoms with Gasteiger partial charge in [0.1, 0.15) is 23.2 Å². The smallest absolute Gasteiger partial charge is 0.271 e. The lowest BCUT2D eigenvalue weighted by atomic mass is 9.94. The van der Waals surface area contributed by atoms with E-state index in [1.807, 2.05) is 30.3 Å². The second kappa shape index (κ2) is 7.97. The summed E-state index contributed by atoms with van der Waals surface area (Å²) in [6, 6.07) is 12.9. The molecule has 1 aromatic heterocycles. The molecule has 1 aliphatic heterocycles. The monoisotopic (exact) mass is 440 g/mol. The van der Waals surface area contributed by atoms with Crippen molar-refractivity contribution >= 4 is 33.8 Å². The van der Waals surface area contributed by atoms with Crippen LogP contribution in [0.5, 0.6) is 0 Å². The molecule has 0 saturated heterocycles. The van der Waals surface area contributed by atoms with Crippen LogP contribution in [0.3, 0.4) is 0 Å². The molecule has 0 aliphatic carbocycles. The number of benzene rings is 1. The van der Waals surface area contributed by atoms with Crippen LogP contribution < -0.4 is 0 Å². The first-order valence-corrected chi connectivity index (χ1v) is 9.34. The van der Waals surface area contributed by atoms with Crippen LogP contribution in [-0.2, 0) is 9.59 Å². The van der Waals surface area contributed by atoms with E-state index < -0.39 is 17.9 Å². The van der Waals surface area contributed by atoms with Gasteiger partial charge in [-0.3, -0.25) is 14.5 Å². The molecule has 2 amide bonds. The van der Waals surface area contributed by atoms with Gasteiger partial charge in [-0.05, 0) is 49.8 Å². The second-order valence-corrected chi connectivity index (χ2v) is 7.36. The Morgan fingerprint density at radius 3 is 2.50 bits per heavy atom. The van der Waals surface area contributed by atoms with Crippen LogP contribution >= 0.6 is 15.9 Å². The van der Waals surface area contributed by atoms with E-state index in [4.69, 9.17) is 4.42 Å². The molecule has 0 saturated carbocycles. The summed E-state index contributed by atoms with van der Waals surface area (Å²) < 4.78 is 6.77. The van der Waals surface area contributed by atoms with Gasteiger partial charge in [0, 0.05) is 15.6 Å². The predicted molar refractivity (Wildman–Crippen MR) is 107 cm³/mol. The van der Waals surface area contributed by atoms with Crippen LogP contribution in [0.25, 0.3) is 17.4 Å². The van der Waals surface area contributed by atoms with Crippen molar-refractivity contribution in [3.63, 3.8) is 0 Å². The Labute approximate surface area is 170 Å². The minimum absolute atomic E-state index is 0.119. The highest BCUT2D eigenvalue weighted by molar-refractivity contribution is 9.10. The molecule has 0 spiro atoms. The lowest BCUT2D eigenvalue weighted by molar-refractivity contribution is -0.141. The Kier molecular flexibility index (Phi) is 5.63. The van der Waals surface area contributed by atoms with E-state index in [9.17, 15) is 20.0 Å². The molecule has 1 aromatic carbocycles. The van der Waals surface area contributed by atoms with Crippen molar-refractivity contribution in [1.82, 2.24) is 4.90 Å². The number of aliphatic hydroxyl groups is 1. The number of imide groups is 1. The largest absolute Gasteiger partial charge is 0.457 e. The van der Waals surface area contributed by atoms with E-state index in [1.54, 1.807) is 19.1 Å². The van der Waals surface area contributed by atoms with E-state index in [0.29, 0.717) is 17.1 Å². The maximum atomic E-state index is 12.8. The number of hydrogen-bond donors (Lipinski definition) is 1. The highest BCUT2D eigenvalue weighted by atomic mass is 79.9. The van der Waals surface area contributed by atoms with Gasteiger partial charge in [-0.2, -0.15) is 5.26 Å². The van der Waals surface area contributed by atoms with E-state index in [1.165, 1.54) is 13.0 Å². The summed E-state index contributed by atoms with van der Waals surface area (Å²) in [5.74, 6) is -0.215. The van der Waals surface area contributed by atoms with E-state index in [2.05, 4.69) is 15.9 Å². The van der Waals surface area contributed by atoms with Crippen LogP contribution in [0.2, 0.25) is 0 Å². The Hall–Kier alpha value is -2.95. The number of halogens is 1. The first kappa shape index (κ1) is 19.8. The minimum atomic E-state index is -0.903.